The van der Waals surface area contributed by atoms with Gasteiger partial charge < -0.3 is 10.5 Å². The maximum atomic E-state index is 13.7. The molecule has 0 saturated carbocycles. The van der Waals surface area contributed by atoms with Crippen LogP contribution >= 0.6 is 15.9 Å². The molecule has 0 bridgehead atoms. The molecule has 0 atom stereocenters. The minimum atomic E-state index is -0.917. The van der Waals surface area contributed by atoms with E-state index in [2.05, 4.69) is 15.9 Å². The maximum absolute atomic E-state index is 13.7. The predicted molar refractivity (Wildman–Crippen MR) is 69.2 cm³/mol. The van der Waals surface area contributed by atoms with Gasteiger partial charge in [-0.25, -0.2) is 17.6 Å². The highest BCUT2D eigenvalue weighted by Crippen LogP contribution is 2.26. The Kier molecular flexibility index (Phi) is 4.17. The van der Waals surface area contributed by atoms with Crippen molar-refractivity contribution < 1.29 is 22.3 Å². The van der Waals surface area contributed by atoms with Gasteiger partial charge in [0.25, 0.3) is 0 Å². The SMILES string of the molecule is Nc1cc(F)c(OCc2c(F)ccc(Br)c2F)cc1F. The number of rotatable bonds is 3. The number of benzene rings is 2. The van der Waals surface area contributed by atoms with Crippen molar-refractivity contribution in [3.63, 3.8) is 0 Å². The third-order valence-electron chi connectivity index (χ3n) is 2.56. The Morgan fingerprint density at radius 3 is 2.40 bits per heavy atom. The van der Waals surface area contributed by atoms with Gasteiger partial charge in [0.2, 0.25) is 0 Å². The van der Waals surface area contributed by atoms with Gasteiger partial charge in [-0.1, -0.05) is 0 Å². The summed E-state index contributed by atoms with van der Waals surface area (Å²) in [5.41, 5.74) is 4.40. The number of nitrogen functional groups attached to an aromatic ring is 1. The van der Waals surface area contributed by atoms with Crippen LogP contribution in [0.3, 0.4) is 0 Å². The second-order valence-corrected chi connectivity index (χ2v) is 4.77. The van der Waals surface area contributed by atoms with E-state index in [0.717, 1.165) is 18.2 Å². The highest BCUT2D eigenvalue weighted by molar-refractivity contribution is 9.10. The molecular formula is C13H8BrF4NO. The monoisotopic (exact) mass is 349 g/mol. The van der Waals surface area contributed by atoms with Crippen LogP contribution in [0.1, 0.15) is 5.56 Å². The van der Waals surface area contributed by atoms with Crippen LogP contribution in [0.2, 0.25) is 0 Å². The number of nitrogens with two attached hydrogens (primary N) is 1. The fraction of sp³-hybridized carbons (Fsp3) is 0.0769. The summed E-state index contributed by atoms with van der Waals surface area (Å²) in [4.78, 5) is 0. The zero-order valence-electron chi connectivity index (χ0n) is 9.89. The number of ether oxygens (including phenoxy) is 1. The molecule has 0 aliphatic carbocycles. The number of hydrogen-bond acceptors (Lipinski definition) is 2. The van der Waals surface area contributed by atoms with Crippen LogP contribution in [0.4, 0.5) is 23.2 Å². The van der Waals surface area contributed by atoms with Crippen LogP contribution in [0.25, 0.3) is 0 Å². The van der Waals surface area contributed by atoms with Crippen molar-refractivity contribution in [1.29, 1.82) is 0 Å². The summed E-state index contributed by atoms with van der Waals surface area (Å²) in [6.45, 7) is -0.586. The van der Waals surface area contributed by atoms with E-state index in [-0.39, 0.29) is 10.2 Å². The molecule has 20 heavy (non-hydrogen) atoms. The standard InChI is InChI=1S/C13H8BrF4NO/c14-7-1-2-8(15)6(13(7)18)5-20-12-4-9(16)11(19)3-10(12)17/h1-4H,5,19H2. The largest absolute Gasteiger partial charge is 0.485 e. The van der Waals surface area contributed by atoms with Gasteiger partial charge in [-0.15, -0.1) is 0 Å². The smallest absolute Gasteiger partial charge is 0.167 e. The lowest BCUT2D eigenvalue weighted by atomic mass is 10.2. The Bertz CT molecular complexity index is 663. The van der Waals surface area contributed by atoms with Gasteiger partial charge >= 0.3 is 0 Å². The minimum absolute atomic E-state index is 0.0430. The molecule has 0 fully saturated rings. The molecule has 2 N–H and O–H groups in total. The van der Waals surface area contributed by atoms with E-state index in [9.17, 15) is 17.6 Å². The second-order valence-electron chi connectivity index (χ2n) is 3.91. The summed E-state index contributed by atoms with van der Waals surface area (Å²) in [5.74, 6) is -3.98. The Hall–Kier alpha value is -1.76. The van der Waals surface area contributed by atoms with E-state index in [1.54, 1.807) is 0 Å². The summed E-state index contributed by atoms with van der Waals surface area (Å²) in [7, 11) is 0. The normalized spacial score (nSPS) is 10.7. The summed E-state index contributed by atoms with van der Waals surface area (Å²) in [6, 6.07) is 3.68. The van der Waals surface area contributed by atoms with E-state index in [4.69, 9.17) is 10.5 Å². The zero-order valence-corrected chi connectivity index (χ0v) is 11.5. The topological polar surface area (TPSA) is 35.2 Å². The van der Waals surface area contributed by atoms with Crippen molar-refractivity contribution >= 4 is 21.6 Å². The molecule has 2 rings (SSSR count). The molecule has 2 nitrogen and oxygen atoms in total. The first kappa shape index (κ1) is 14.6. The van der Waals surface area contributed by atoms with E-state index in [1.165, 1.54) is 6.07 Å². The van der Waals surface area contributed by atoms with Crippen LogP contribution in [0.5, 0.6) is 5.75 Å². The fourth-order valence-corrected chi connectivity index (χ4v) is 1.88. The van der Waals surface area contributed by atoms with Crippen LogP contribution in [0, 0.1) is 23.3 Å². The van der Waals surface area contributed by atoms with Crippen LogP contribution < -0.4 is 10.5 Å². The average Bonchev–Trinajstić information content (AvgIpc) is 2.40. The van der Waals surface area contributed by atoms with Crippen LogP contribution in [-0.2, 0) is 6.61 Å². The Labute approximate surface area is 120 Å². The van der Waals surface area contributed by atoms with Gasteiger partial charge in [0, 0.05) is 12.1 Å². The lowest BCUT2D eigenvalue weighted by Crippen LogP contribution is -2.04. The molecule has 0 unspecified atom stereocenters. The van der Waals surface area contributed by atoms with Gasteiger partial charge in [-0.2, -0.15) is 0 Å². The van der Waals surface area contributed by atoms with Crippen molar-refractivity contribution in [3.05, 3.63) is 57.6 Å². The third-order valence-corrected chi connectivity index (χ3v) is 3.17. The van der Waals surface area contributed by atoms with Gasteiger partial charge in [0.05, 0.1) is 15.7 Å². The fourth-order valence-electron chi connectivity index (χ4n) is 1.51. The first-order valence-corrected chi connectivity index (χ1v) is 6.19. The van der Waals surface area contributed by atoms with Crippen molar-refractivity contribution in [1.82, 2.24) is 0 Å². The van der Waals surface area contributed by atoms with Crippen molar-refractivity contribution in [2.45, 2.75) is 6.61 Å². The summed E-state index contributed by atoms with van der Waals surface area (Å²) in [6.07, 6.45) is 0. The molecule has 0 saturated heterocycles. The zero-order chi connectivity index (χ0) is 14.9. The molecule has 106 valence electrons. The number of halogens is 5. The molecule has 2 aromatic carbocycles. The second kappa shape index (κ2) is 5.70. The van der Waals surface area contributed by atoms with Crippen LogP contribution in [-0.4, -0.2) is 0 Å². The van der Waals surface area contributed by atoms with Crippen LogP contribution in [0.15, 0.2) is 28.7 Å². The number of anilines is 1. The molecule has 0 radical (unpaired) electrons. The van der Waals surface area contributed by atoms with Gasteiger partial charge in [0.1, 0.15) is 24.1 Å². The van der Waals surface area contributed by atoms with Gasteiger partial charge in [-0.05, 0) is 28.1 Å². The Morgan fingerprint density at radius 1 is 1.00 bits per heavy atom. The average molecular weight is 350 g/mol. The van der Waals surface area contributed by atoms with E-state index in [1.807, 2.05) is 0 Å². The summed E-state index contributed by atoms with van der Waals surface area (Å²) >= 11 is 2.89. The molecule has 0 spiro atoms. The molecular weight excluding hydrogens is 342 g/mol. The third kappa shape index (κ3) is 2.87. The number of hydrogen-bond donors (Lipinski definition) is 1. The van der Waals surface area contributed by atoms with Gasteiger partial charge in [0.15, 0.2) is 11.6 Å². The molecule has 7 heteroatoms. The minimum Gasteiger partial charge on any atom is -0.485 e. The highest BCUT2D eigenvalue weighted by atomic mass is 79.9. The molecule has 0 heterocycles. The molecule has 0 aliphatic heterocycles. The Morgan fingerprint density at radius 2 is 1.70 bits per heavy atom. The first-order chi connectivity index (χ1) is 9.40. The molecule has 0 aliphatic rings. The highest BCUT2D eigenvalue weighted by Gasteiger charge is 2.15. The van der Waals surface area contributed by atoms with Crippen molar-refractivity contribution in [3.8, 4) is 5.75 Å². The molecule has 0 aromatic heterocycles. The molecule has 2 aromatic rings. The first-order valence-electron chi connectivity index (χ1n) is 5.40. The van der Waals surface area contributed by atoms with Gasteiger partial charge in [-0.3, -0.25) is 0 Å². The lowest BCUT2D eigenvalue weighted by molar-refractivity contribution is 0.276. The van der Waals surface area contributed by atoms with E-state index >= 15 is 0 Å². The predicted octanol–water partition coefficient (Wildman–Crippen LogP) is 4.17. The van der Waals surface area contributed by atoms with Crippen molar-refractivity contribution in [2.24, 2.45) is 0 Å². The Balaban J connectivity index is 2.26. The van der Waals surface area contributed by atoms with E-state index < -0.39 is 41.2 Å². The molecule has 0 amide bonds. The lowest BCUT2D eigenvalue weighted by Gasteiger charge is -2.10. The summed E-state index contributed by atoms with van der Waals surface area (Å²) in [5, 5.41) is 0. The summed E-state index contributed by atoms with van der Waals surface area (Å²) < 4.78 is 58.7. The van der Waals surface area contributed by atoms with E-state index in [0.29, 0.717) is 0 Å². The quantitative estimate of drug-likeness (QED) is 0.512. The van der Waals surface area contributed by atoms with Crippen molar-refractivity contribution in [2.75, 3.05) is 5.73 Å². The maximum Gasteiger partial charge on any atom is 0.167 e.